The van der Waals surface area contributed by atoms with Crippen molar-refractivity contribution < 1.29 is 10.2 Å². The van der Waals surface area contributed by atoms with Crippen molar-refractivity contribution in [1.82, 2.24) is 0 Å². The highest BCUT2D eigenvalue weighted by Crippen LogP contribution is 2.65. The van der Waals surface area contributed by atoms with Gasteiger partial charge in [0, 0.05) is 5.41 Å². The van der Waals surface area contributed by atoms with Gasteiger partial charge in [-0.25, -0.2) is 0 Å². The molecule has 0 atom stereocenters. The number of fused-ring (bicyclic) bond motifs is 4. The van der Waals surface area contributed by atoms with Gasteiger partial charge in [0.15, 0.2) is 0 Å². The molecular formula is C27H36O2. The van der Waals surface area contributed by atoms with Crippen LogP contribution in [0.4, 0.5) is 0 Å². The van der Waals surface area contributed by atoms with Crippen molar-refractivity contribution >= 4 is 0 Å². The van der Waals surface area contributed by atoms with Gasteiger partial charge in [-0.3, -0.25) is 0 Å². The number of aromatic hydroxyl groups is 2. The fourth-order valence-corrected chi connectivity index (χ4v) is 6.74. The largest absolute Gasteiger partial charge is 0.508 e. The first-order valence-corrected chi connectivity index (χ1v) is 11.3. The van der Waals surface area contributed by atoms with E-state index in [0.29, 0.717) is 11.5 Å². The smallest absolute Gasteiger partial charge is 0.119 e. The van der Waals surface area contributed by atoms with Gasteiger partial charge in [-0.15, -0.1) is 0 Å². The highest BCUT2D eigenvalue weighted by molar-refractivity contribution is 5.67. The summed E-state index contributed by atoms with van der Waals surface area (Å²) in [6.07, 6.45) is 5.88. The van der Waals surface area contributed by atoms with Crippen LogP contribution in [0.1, 0.15) is 101 Å². The summed E-state index contributed by atoms with van der Waals surface area (Å²) in [6, 6.07) is 8.12. The van der Waals surface area contributed by atoms with Crippen LogP contribution in [-0.4, -0.2) is 10.2 Å². The van der Waals surface area contributed by atoms with Gasteiger partial charge in [-0.05, 0) is 82.0 Å². The van der Waals surface area contributed by atoms with Gasteiger partial charge in [0.25, 0.3) is 0 Å². The first-order chi connectivity index (χ1) is 13.6. The lowest BCUT2D eigenvalue weighted by molar-refractivity contribution is 0.346. The van der Waals surface area contributed by atoms with E-state index in [1.165, 1.54) is 22.3 Å². The van der Waals surface area contributed by atoms with Gasteiger partial charge in [0.1, 0.15) is 11.5 Å². The molecule has 0 unspecified atom stereocenters. The van der Waals surface area contributed by atoms with Gasteiger partial charge in [0.2, 0.25) is 0 Å². The fraction of sp³-hybridized carbons (Fsp3) is 0.556. The van der Waals surface area contributed by atoms with Gasteiger partial charge >= 0.3 is 0 Å². The Morgan fingerprint density at radius 2 is 1.07 bits per heavy atom. The molecule has 0 heterocycles. The van der Waals surface area contributed by atoms with E-state index in [9.17, 15) is 10.2 Å². The zero-order valence-electron chi connectivity index (χ0n) is 18.9. The average Bonchev–Trinajstić information content (AvgIpc) is 2.99. The number of hydrogen-bond acceptors (Lipinski definition) is 2. The Balaban J connectivity index is 2.12. The van der Waals surface area contributed by atoms with Crippen molar-refractivity contribution in [3.05, 3.63) is 57.6 Å². The summed E-state index contributed by atoms with van der Waals surface area (Å²) in [7, 11) is 0. The van der Waals surface area contributed by atoms with E-state index in [2.05, 4.69) is 53.7 Å². The molecule has 0 saturated heterocycles. The summed E-state index contributed by atoms with van der Waals surface area (Å²) in [5.74, 6) is 0.872. The van der Waals surface area contributed by atoms with Gasteiger partial charge in [0.05, 0.1) is 0 Å². The molecule has 1 spiro atoms. The standard InChI is InChI=1S/C27H36O2/c1-7-9-17-21(28)13-11-19-23(17)27(15-25(19,3)4)16-26(5,6)20-12-14-22(29)18(10-8-2)24(20)27/h11-14,28-29H,7-10,15-16H2,1-6H3. The number of rotatable bonds is 4. The number of phenolic OH excluding ortho intramolecular Hbond substituents is 2. The second-order valence-corrected chi connectivity index (χ2v) is 10.7. The maximum atomic E-state index is 10.9. The van der Waals surface area contributed by atoms with Crippen molar-refractivity contribution in [2.24, 2.45) is 0 Å². The second-order valence-electron chi connectivity index (χ2n) is 10.7. The van der Waals surface area contributed by atoms with Crippen LogP contribution < -0.4 is 0 Å². The van der Waals surface area contributed by atoms with E-state index < -0.39 is 0 Å². The highest BCUT2D eigenvalue weighted by Gasteiger charge is 2.58. The molecule has 0 fully saturated rings. The Morgan fingerprint density at radius 1 is 0.690 bits per heavy atom. The summed E-state index contributed by atoms with van der Waals surface area (Å²) in [5, 5.41) is 21.8. The van der Waals surface area contributed by atoms with Crippen LogP contribution in [0.25, 0.3) is 0 Å². The molecule has 2 aromatic carbocycles. The maximum absolute atomic E-state index is 10.9. The topological polar surface area (TPSA) is 40.5 Å². The molecule has 0 aliphatic heterocycles. The zero-order valence-corrected chi connectivity index (χ0v) is 18.9. The molecule has 2 aliphatic rings. The Morgan fingerprint density at radius 3 is 1.41 bits per heavy atom. The molecular weight excluding hydrogens is 356 g/mol. The van der Waals surface area contributed by atoms with E-state index >= 15 is 0 Å². The summed E-state index contributed by atoms with van der Waals surface area (Å²) < 4.78 is 0. The minimum absolute atomic E-state index is 0.0398. The number of phenols is 2. The van der Waals surface area contributed by atoms with Gasteiger partial charge in [-0.2, -0.15) is 0 Å². The molecule has 2 aromatic rings. The minimum Gasteiger partial charge on any atom is -0.508 e. The predicted molar refractivity (Wildman–Crippen MR) is 120 cm³/mol. The van der Waals surface area contributed by atoms with Crippen molar-refractivity contribution in [2.45, 2.75) is 96.3 Å². The molecule has 29 heavy (non-hydrogen) atoms. The van der Waals surface area contributed by atoms with Crippen LogP contribution >= 0.6 is 0 Å². The van der Waals surface area contributed by atoms with Crippen LogP contribution in [0.3, 0.4) is 0 Å². The molecule has 0 saturated carbocycles. The Labute approximate surface area is 176 Å². The average molecular weight is 393 g/mol. The lowest BCUT2D eigenvalue weighted by Gasteiger charge is -2.33. The molecule has 2 aliphatic carbocycles. The van der Waals surface area contributed by atoms with Gasteiger partial charge < -0.3 is 10.2 Å². The first-order valence-electron chi connectivity index (χ1n) is 11.3. The monoisotopic (exact) mass is 392 g/mol. The highest BCUT2D eigenvalue weighted by atomic mass is 16.3. The summed E-state index contributed by atoms with van der Waals surface area (Å²) in [5.41, 5.74) is 7.69. The first kappa shape index (κ1) is 20.3. The predicted octanol–water partition coefficient (Wildman–Crippen LogP) is 6.65. The second kappa shape index (κ2) is 6.52. The van der Waals surface area contributed by atoms with Crippen molar-refractivity contribution in [2.75, 3.05) is 0 Å². The van der Waals surface area contributed by atoms with Crippen LogP contribution in [0.5, 0.6) is 11.5 Å². The molecule has 2 N–H and O–H groups in total. The molecule has 0 aromatic heterocycles. The molecule has 4 rings (SSSR count). The summed E-state index contributed by atoms with van der Waals surface area (Å²) >= 11 is 0. The van der Waals surface area contributed by atoms with Crippen LogP contribution in [0.15, 0.2) is 24.3 Å². The van der Waals surface area contributed by atoms with E-state index in [-0.39, 0.29) is 16.2 Å². The lowest BCUT2D eigenvalue weighted by atomic mass is 9.69. The van der Waals surface area contributed by atoms with Crippen LogP contribution in [0, 0.1) is 0 Å². The van der Waals surface area contributed by atoms with E-state index in [0.717, 1.165) is 49.7 Å². The SMILES string of the molecule is CCCc1c(O)ccc2c1C1(CC2(C)C)CC(C)(C)c2ccc(O)c(CCC)c21. The Bertz CT molecular complexity index is 885. The third kappa shape index (κ3) is 2.75. The summed E-state index contributed by atoms with van der Waals surface area (Å²) in [4.78, 5) is 0. The zero-order chi connectivity index (χ0) is 21.2. The molecule has 0 bridgehead atoms. The van der Waals surface area contributed by atoms with Crippen molar-refractivity contribution in [3.8, 4) is 11.5 Å². The fourth-order valence-electron chi connectivity index (χ4n) is 6.74. The van der Waals surface area contributed by atoms with E-state index in [1.54, 1.807) is 0 Å². The quantitative estimate of drug-likeness (QED) is 0.611. The molecule has 2 heteroatoms. The maximum Gasteiger partial charge on any atom is 0.119 e. The molecule has 0 radical (unpaired) electrons. The molecule has 2 nitrogen and oxygen atoms in total. The molecule has 0 amide bonds. The minimum atomic E-state index is -0.135. The molecule has 156 valence electrons. The van der Waals surface area contributed by atoms with E-state index in [1.807, 2.05) is 12.1 Å². The van der Waals surface area contributed by atoms with Crippen molar-refractivity contribution in [1.29, 1.82) is 0 Å². The number of benzene rings is 2. The Kier molecular flexibility index (Phi) is 4.57. The van der Waals surface area contributed by atoms with Crippen molar-refractivity contribution in [3.63, 3.8) is 0 Å². The van der Waals surface area contributed by atoms with Crippen LogP contribution in [0.2, 0.25) is 0 Å². The third-order valence-corrected chi connectivity index (χ3v) is 7.48. The van der Waals surface area contributed by atoms with Crippen LogP contribution in [-0.2, 0) is 29.1 Å². The van der Waals surface area contributed by atoms with Gasteiger partial charge in [-0.1, -0.05) is 66.5 Å². The Hall–Kier alpha value is -1.96. The lowest BCUT2D eigenvalue weighted by Crippen LogP contribution is -2.28. The number of hydrogen-bond donors (Lipinski definition) is 2. The van der Waals surface area contributed by atoms with E-state index in [4.69, 9.17) is 0 Å². The summed E-state index contributed by atoms with van der Waals surface area (Å²) in [6.45, 7) is 13.8. The third-order valence-electron chi connectivity index (χ3n) is 7.48. The normalized spacial score (nSPS) is 20.1.